The van der Waals surface area contributed by atoms with Crippen LogP contribution in [0.1, 0.15) is 43.7 Å². The van der Waals surface area contributed by atoms with Gasteiger partial charge < -0.3 is 10.3 Å². The normalized spacial score (nSPS) is 22.5. The molecule has 0 aliphatic heterocycles. The molecule has 0 radical (unpaired) electrons. The second-order valence-electron chi connectivity index (χ2n) is 9.98. The summed E-state index contributed by atoms with van der Waals surface area (Å²) in [5.74, 6) is 2.84. The van der Waals surface area contributed by atoms with Crippen molar-refractivity contribution in [3.63, 3.8) is 0 Å². The van der Waals surface area contributed by atoms with E-state index in [2.05, 4.69) is 79.6 Å². The smallest absolute Gasteiger partial charge is 0.230 e. The van der Waals surface area contributed by atoms with Crippen LogP contribution < -0.4 is 5.32 Å². The maximum atomic E-state index is 12.7. The molecule has 2 aliphatic rings. The maximum Gasteiger partial charge on any atom is 0.230 e. The lowest BCUT2D eigenvalue weighted by molar-refractivity contribution is -0.119. The van der Waals surface area contributed by atoms with Crippen LogP contribution in [0.3, 0.4) is 0 Å². The Hall–Kier alpha value is -2.53. The van der Waals surface area contributed by atoms with E-state index in [-0.39, 0.29) is 11.9 Å². The Balaban J connectivity index is 1.29. The van der Waals surface area contributed by atoms with Gasteiger partial charge in [0.05, 0.1) is 17.1 Å². The second kappa shape index (κ2) is 9.38. The van der Waals surface area contributed by atoms with Crippen LogP contribution in [0.5, 0.6) is 0 Å². The third kappa shape index (κ3) is 4.89. The van der Waals surface area contributed by atoms with E-state index in [1.807, 2.05) is 0 Å². The van der Waals surface area contributed by atoms with Crippen molar-refractivity contribution in [2.24, 2.45) is 17.8 Å². The van der Waals surface area contributed by atoms with Gasteiger partial charge in [0.15, 0.2) is 5.16 Å². The fourth-order valence-electron chi connectivity index (χ4n) is 5.71. The molecule has 33 heavy (non-hydrogen) atoms. The van der Waals surface area contributed by atoms with E-state index in [1.165, 1.54) is 48.6 Å². The molecular formula is C28H33N3OS. The molecule has 2 N–H and O–H groups in total. The van der Waals surface area contributed by atoms with Crippen LogP contribution in [0.15, 0.2) is 53.7 Å². The van der Waals surface area contributed by atoms with Crippen LogP contribution in [-0.4, -0.2) is 27.7 Å². The molecule has 172 valence electrons. The minimum Gasteiger partial charge on any atom is -0.353 e. The third-order valence-electron chi connectivity index (χ3n) is 7.51. The van der Waals surface area contributed by atoms with Crippen molar-refractivity contribution < 1.29 is 4.79 Å². The van der Waals surface area contributed by atoms with E-state index in [9.17, 15) is 4.79 Å². The number of aromatic amines is 1. The number of fused-ring (bicyclic) bond motifs is 2. The molecule has 2 aromatic carbocycles. The first kappa shape index (κ1) is 22.3. The number of benzene rings is 2. The van der Waals surface area contributed by atoms with Gasteiger partial charge in [-0.05, 0) is 57.8 Å². The van der Waals surface area contributed by atoms with Gasteiger partial charge in [0.2, 0.25) is 5.91 Å². The lowest BCUT2D eigenvalue weighted by Gasteiger charge is -2.28. The summed E-state index contributed by atoms with van der Waals surface area (Å²) in [4.78, 5) is 21.1. The lowest BCUT2D eigenvalue weighted by Crippen LogP contribution is -2.40. The van der Waals surface area contributed by atoms with Crippen LogP contribution in [0, 0.1) is 31.6 Å². The van der Waals surface area contributed by atoms with Crippen LogP contribution in [0.25, 0.3) is 22.5 Å². The number of H-pyrrole nitrogens is 1. The van der Waals surface area contributed by atoms with E-state index >= 15 is 0 Å². The summed E-state index contributed by atoms with van der Waals surface area (Å²) < 4.78 is 0. The van der Waals surface area contributed by atoms with Crippen LogP contribution in [0.4, 0.5) is 0 Å². The summed E-state index contributed by atoms with van der Waals surface area (Å²) in [6.45, 7) is 6.37. The number of carbonyl (C=O) groups excluding carboxylic acids is 1. The highest BCUT2D eigenvalue weighted by molar-refractivity contribution is 7.99. The molecular weight excluding hydrogens is 426 g/mol. The molecule has 1 amide bonds. The van der Waals surface area contributed by atoms with Crippen molar-refractivity contribution in [1.82, 2.24) is 15.3 Å². The number of hydrogen-bond acceptors (Lipinski definition) is 3. The molecule has 4 nitrogen and oxygen atoms in total. The van der Waals surface area contributed by atoms with Crippen LogP contribution >= 0.6 is 11.8 Å². The summed E-state index contributed by atoms with van der Waals surface area (Å²) in [6, 6.07) is 17.2. The van der Waals surface area contributed by atoms with E-state index < -0.39 is 0 Å². The monoisotopic (exact) mass is 459 g/mol. The zero-order valence-corrected chi connectivity index (χ0v) is 20.5. The summed E-state index contributed by atoms with van der Waals surface area (Å²) in [5.41, 5.74) is 6.56. The van der Waals surface area contributed by atoms with Gasteiger partial charge >= 0.3 is 0 Å². The van der Waals surface area contributed by atoms with Gasteiger partial charge in [-0.2, -0.15) is 0 Å². The van der Waals surface area contributed by atoms with Crippen molar-refractivity contribution in [2.45, 2.75) is 57.7 Å². The first-order chi connectivity index (χ1) is 16.0. The van der Waals surface area contributed by atoms with Gasteiger partial charge in [0.25, 0.3) is 0 Å². The standard InChI is InChI=1S/C28H33N3OS/c1-17-4-9-21(10-5-17)26-27(22-11-6-18(2)7-12-22)31-28(30-26)33-16-25(32)29-19(3)24-15-20-8-13-23(24)14-20/h4-7,9-12,19-20,23-24H,8,13-16H2,1-3H3,(H,29,32)(H,30,31)/t19-,20-,23-,24+/m0/s1. The number of imidazole rings is 1. The molecule has 0 saturated heterocycles. The van der Waals surface area contributed by atoms with Gasteiger partial charge in [0.1, 0.15) is 0 Å². The minimum atomic E-state index is 0.0976. The minimum absolute atomic E-state index is 0.0976. The predicted molar refractivity (Wildman–Crippen MR) is 136 cm³/mol. The Morgan fingerprint density at radius 1 is 1.03 bits per heavy atom. The summed E-state index contributed by atoms with van der Waals surface area (Å²) in [6.07, 6.45) is 5.40. The summed E-state index contributed by atoms with van der Waals surface area (Å²) in [5, 5.41) is 4.05. The number of amides is 1. The van der Waals surface area contributed by atoms with Crippen molar-refractivity contribution >= 4 is 17.7 Å². The number of hydrogen-bond donors (Lipinski definition) is 2. The highest BCUT2D eigenvalue weighted by atomic mass is 32.2. The van der Waals surface area contributed by atoms with Crippen LogP contribution in [-0.2, 0) is 4.79 Å². The number of rotatable bonds is 7. The maximum absolute atomic E-state index is 12.7. The van der Waals surface area contributed by atoms with E-state index in [1.54, 1.807) is 0 Å². The summed E-state index contributed by atoms with van der Waals surface area (Å²) in [7, 11) is 0. The predicted octanol–water partition coefficient (Wildman–Crippen LogP) is 6.39. The van der Waals surface area contributed by atoms with Gasteiger partial charge in [-0.25, -0.2) is 4.98 Å². The molecule has 1 aromatic heterocycles. The molecule has 2 saturated carbocycles. The molecule has 1 heterocycles. The molecule has 0 spiro atoms. The van der Waals surface area contributed by atoms with E-state index in [4.69, 9.17) is 4.98 Å². The van der Waals surface area contributed by atoms with Crippen molar-refractivity contribution in [3.8, 4) is 22.5 Å². The zero-order valence-electron chi connectivity index (χ0n) is 19.7. The average molecular weight is 460 g/mol. The van der Waals surface area contributed by atoms with E-state index in [0.717, 1.165) is 39.5 Å². The number of nitrogens with zero attached hydrogens (tertiary/aromatic N) is 1. The van der Waals surface area contributed by atoms with Gasteiger partial charge in [-0.1, -0.05) is 77.8 Å². The van der Waals surface area contributed by atoms with Crippen LogP contribution in [0.2, 0.25) is 0 Å². The average Bonchev–Trinajstić information content (AvgIpc) is 3.55. The molecule has 3 aromatic rings. The van der Waals surface area contributed by atoms with Crippen molar-refractivity contribution in [3.05, 3.63) is 59.7 Å². The fraction of sp³-hybridized carbons (Fsp3) is 0.429. The Morgan fingerprint density at radius 3 is 2.30 bits per heavy atom. The van der Waals surface area contributed by atoms with E-state index in [0.29, 0.717) is 11.7 Å². The molecule has 4 atom stereocenters. The van der Waals surface area contributed by atoms with Crippen molar-refractivity contribution in [2.75, 3.05) is 5.75 Å². The summed E-state index contributed by atoms with van der Waals surface area (Å²) >= 11 is 1.48. The van der Waals surface area contributed by atoms with Gasteiger partial charge in [0, 0.05) is 17.2 Å². The molecule has 2 bridgehead atoms. The number of carbonyl (C=O) groups is 1. The Morgan fingerprint density at radius 2 is 1.70 bits per heavy atom. The first-order valence-corrected chi connectivity index (χ1v) is 13.1. The molecule has 2 aliphatic carbocycles. The quantitative estimate of drug-likeness (QED) is 0.402. The zero-order chi connectivity index (χ0) is 22.9. The lowest BCUT2D eigenvalue weighted by atomic mass is 9.84. The number of aryl methyl sites for hydroxylation is 2. The van der Waals surface area contributed by atoms with Crippen molar-refractivity contribution in [1.29, 1.82) is 0 Å². The highest BCUT2D eigenvalue weighted by Crippen LogP contribution is 2.49. The fourth-order valence-corrected chi connectivity index (χ4v) is 6.39. The molecule has 2 fully saturated rings. The largest absolute Gasteiger partial charge is 0.353 e. The Kier molecular flexibility index (Phi) is 6.33. The van der Waals surface area contributed by atoms with Gasteiger partial charge in [-0.15, -0.1) is 0 Å². The van der Waals surface area contributed by atoms with Gasteiger partial charge in [-0.3, -0.25) is 4.79 Å². The highest BCUT2D eigenvalue weighted by Gasteiger charge is 2.42. The Labute approximate surface area is 201 Å². The second-order valence-corrected chi connectivity index (χ2v) is 10.9. The SMILES string of the molecule is Cc1ccc(-c2nc(SCC(=O)N[C@@H](C)[C@H]3C[C@H]4CC[C@H]3C4)[nH]c2-c2ccc(C)cc2)cc1. The molecule has 5 heteroatoms. The first-order valence-electron chi connectivity index (χ1n) is 12.1. The third-order valence-corrected chi connectivity index (χ3v) is 8.38. The number of nitrogens with one attached hydrogen (secondary N) is 2. The Bertz CT molecular complexity index is 1060. The number of thioether (sulfide) groups is 1. The number of aromatic nitrogens is 2. The topological polar surface area (TPSA) is 57.8 Å². The molecule has 5 rings (SSSR count). The molecule has 0 unspecified atom stereocenters.